The summed E-state index contributed by atoms with van der Waals surface area (Å²) >= 11 is 0. The summed E-state index contributed by atoms with van der Waals surface area (Å²) in [6.07, 6.45) is 1.11. The number of hydrogen-bond acceptors (Lipinski definition) is 5. The van der Waals surface area contributed by atoms with E-state index in [1.165, 1.54) is 14.0 Å². The predicted octanol–water partition coefficient (Wildman–Crippen LogP) is -1.30. The smallest absolute Gasteiger partial charge is 0.325 e. The second kappa shape index (κ2) is 9.76. The Kier molecular flexibility index (Phi) is 8.73. The molecule has 8 nitrogen and oxygen atoms in total. The minimum atomic E-state index is -0.745. The molecule has 0 aliphatic carbocycles. The van der Waals surface area contributed by atoms with Crippen molar-refractivity contribution in [3.63, 3.8) is 0 Å². The Morgan fingerprint density at radius 1 is 1.10 bits per heavy atom. The third-order valence-corrected chi connectivity index (χ3v) is 2.36. The number of esters is 1. The second-order valence-electron chi connectivity index (χ2n) is 4.11. The van der Waals surface area contributed by atoms with Crippen LogP contribution < -0.4 is 16.0 Å². The largest absolute Gasteiger partial charge is 0.468 e. The highest BCUT2D eigenvalue weighted by Crippen LogP contribution is 1.97. The fraction of sp³-hybridized carbons (Fsp3) is 0.667. The summed E-state index contributed by atoms with van der Waals surface area (Å²) in [5, 5.41) is 7.20. The van der Waals surface area contributed by atoms with Gasteiger partial charge in [0, 0.05) is 6.92 Å². The highest BCUT2D eigenvalue weighted by atomic mass is 16.5. The molecule has 0 aromatic heterocycles. The van der Waals surface area contributed by atoms with Crippen molar-refractivity contribution in [2.45, 2.75) is 32.7 Å². The lowest BCUT2D eigenvalue weighted by Gasteiger charge is -2.17. The van der Waals surface area contributed by atoms with Gasteiger partial charge >= 0.3 is 5.97 Å². The van der Waals surface area contributed by atoms with Crippen LogP contribution in [0.5, 0.6) is 0 Å². The van der Waals surface area contributed by atoms with E-state index < -0.39 is 23.8 Å². The van der Waals surface area contributed by atoms with Crippen LogP contribution in [0.1, 0.15) is 26.7 Å². The first-order valence-corrected chi connectivity index (χ1v) is 6.29. The molecule has 20 heavy (non-hydrogen) atoms. The van der Waals surface area contributed by atoms with Gasteiger partial charge in [-0.05, 0) is 6.42 Å². The van der Waals surface area contributed by atoms with Crippen LogP contribution in [-0.2, 0) is 23.9 Å². The molecule has 0 aliphatic rings. The molecule has 0 saturated carbocycles. The van der Waals surface area contributed by atoms with Crippen LogP contribution in [0.25, 0.3) is 0 Å². The fourth-order valence-electron chi connectivity index (χ4n) is 1.36. The third kappa shape index (κ3) is 8.06. The van der Waals surface area contributed by atoms with Crippen molar-refractivity contribution >= 4 is 23.7 Å². The van der Waals surface area contributed by atoms with E-state index in [0.29, 0.717) is 12.8 Å². The zero-order valence-corrected chi connectivity index (χ0v) is 11.9. The molecule has 0 fully saturated rings. The van der Waals surface area contributed by atoms with Gasteiger partial charge in [-0.15, -0.1) is 0 Å². The number of hydrogen-bond donors (Lipinski definition) is 3. The first-order valence-electron chi connectivity index (χ1n) is 6.29. The van der Waals surface area contributed by atoms with Crippen LogP contribution in [0, 0.1) is 0 Å². The van der Waals surface area contributed by atoms with Gasteiger partial charge in [0.25, 0.3) is 0 Å². The average molecular weight is 287 g/mol. The summed E-state index contributed by atoms with van der Waals surface area (Å²) in [6, 6.07) is -0.745. The lowest BCUT2D eigenvalue weighted by atomic mass is 10.1. The molecule has 0 aromatic rings. The molecule has 0 saturated heterocycles. The molecule has 0 bridgehead atoms. The van der Waals surface area contributed by atoms with Crippen LogP contribution in [0.3, 0.4) is 0 Å². The summed E-state index contributed by atoms with van der Waals surface area (Å²) in [7, 11) is 1.22. The van der Waals surface area contributed by atoms with Crippen molar-refractivity contribution in [3.8, 4) is 0 Å². The highest BCUT2D eigenvalue weighted by molar-refractivity contribution is 5.91. The normalized spacial score (nSPS) is 11.2. The van der Waals surface area contributed by atoms with E-state index in [0.717, 1.165) is 0 Å². The Labute approximate surface area is 117 Å². The summed E-state index contributed by atoms with van der Waals surface area (Å²) < 4.78 is 4.40. The number of carbonyl (C=O) groups is 4. The van der Waals surface area contributed by atoms with Crippen LogP contribution in [0.4, 0.5) is 0 Å². The Morgan fingerprint density at radius 2 is 1.75 bits per heavy atom. The first kappa shape index (κ1) is 17.9. The molecule has 0 heterocycles. The molecule has 3 N–H and O–H groups in total. The highest BCUT2D eigenvalue weighted by Gasteiger charge is 2.20. The van der Waals surface area contributed by atoms with E-state index in [9.17, 15) is 19.2 Å². The van der Waals surface area contributed by atoms with Gasteiger partial charge in [-0.1, -0.05) is 13.3 Å². The van der Waals surface area contributed by atoms with E-state index in [1.807, 2.05) is 6.92 Å². The van der Waals surface area contributed by atoms with E-state index in [1.54, 1.807) is 0 Å². The van der Waals surface area contributed by atoms with Crippen LogP contribution >= 0.6 is 0 Å². The van der Waals surface area contributed by atoms with Crippen molar-refractivity contribution in [2.24, 2.45) is 0 Å². The van der Waals surface area contributed by atoms with Crippen molar-refractivity contribution in [3.05, 3.63) is 0 Å². The Morgan fingerprint density at radius 3 is 2.25 bits per heavy atom. The van der Waals surface area contributed by atoms with Crippen LogP contribution in [0.15, 0.2) is 0 Å². The predicted molar refractivity (Wildman–Crippen MR) is 70.5 cm³/mol. The van der Waals surface area contributed by atoms with Gasteiger partial charge in [0.15, 0.2) is 0 Å². The quantitative estimate of drug-likeness (QED) is 0.480. The molecule has 0 aromatic carbocycles. The molecule has 1 unspecified atom stereocenters. The SMILES string of the molecule is CCCC(NC(=O)CNC(C)=O)C(=O)NCC(=O)OC. The zero-order chi connectivity index (χ0) is 15.5. The number of carbonyl (C=O) groups excluding carboxylic acids is 4. The van der Waals surface area contributed by atoms with Gasteiger partial charge in [0.1, 0.15) is 12.6 Å². The first-order chi connectivity index (χ1) is 9.40. The molecule has 1 atom stereocenters. The maximum atomic E-state index is 11.8. The van der Waals surface area contributed by atoms with E-state index in [-0.39, 0.29) is 19.0 Å². The van der Waals surface area contributed by atoms with E-state index in [4.69, 9.17) is 0 Å². The van der Waals surface area contributed by atoms with Crippen LogP contribution in [0.2, 0.25) is 0 Å². The van der Waals surface area contributed by atoms with Gasteiger partial charge in [0.2, 0.25) is 17.7 Å². The lowest BCUT2D eigenvalue weighted by Crippen LogP contribution is -2.50. The van der Waals surface area contributed by atoms with Crippen molar-refractivity contribution in [1.29, 1.82) is 0 Å². The van der Waals surface area contributed by atoms with Gasteiger partial charge < -0.3 is 20.7 Å². The van der Waals surface area contributed by atoms with Gasteiger partial charge in [-0.25, -0.2) is 0 Å². The van der Waals surface area contributed by atoms with Crippen molar-refractivity contribution < 1.29 is 23.9 Å². The topological polar surface area (TPSA) is 114 Å². The number of amides is 3. The zero-order valence-electron chi connectivity index (χ0n) is 11.9. The van der Waals surface area contributed by atoms with Crippen molar-refractivity contribution in [1.82, 2.24) is 16.0 Å². The second-order valence-corrected chi connectivity index (χ2v) is 4.11. The fourth-order valence-corrected chi connectivity index (χ4v) is 1.36. The Bertz CT molecular complexity index is 370. The molecule has 8 heteroatoms. The maximum absolute atomic E-state index is 11.8. The maximum Gasteiger partial charge on any atom is 0.325 e. The molecule has 3 amide bonds. The molecule has 0 aliphatic heterocycles. The van der Waals surface area contributed by atoms with Gasteiger partial charge in [0.05, 0.1) is 13.7 Å². The molecular weight excluding hydrogens is 266 g/mol. The standard InChI is InChI=1S/C12H21N3O5/c1-4-5-9(12(19)14-7-11(18)20-3)15-10(17)6-13-8(2)16/h9H,4-7H2,1-3H3,(H,13,16)(H,14,19)(H,15,17). The minimum Gasteiger partial charge on any atom is -0.468 e. The summed E-state index contributed by atoms with van der Waals surface area (Å²) in [4.78, 5) is 44.9. The molecule has 114 valence electrons. The van der Waals surface area contributed by atoms with Gasteiger partial charge in [-0.2, -0.15) is 0 Å². The monoisotopic (exact) mass is 287 g/mol. The lowest BCUT2D eigenvalue weighted by molar-refractivity contribution is -0.141. The molecular formula is C12H21N3O5. The van der Waals surface area contributed by atoms with E-state index in [2.05, 4.69) is 20.7 Å². The van der Waals surface area contributed by atoms with Crippen LogP contribution in [-0.4, -0.2) is 49.9 Å². The summed E-state index contributed by atoms with van der Waals surface area (Å²) in [6.45, 7) is 2.71. The molecule has 0 spiro atoms. The Balaban J connectivity index is 4.32. The van der Waals surface area contributed by atoms with Crippen molar-refractivity contribution in [2.75, 3.05) is 20.2 Å². The van der Waals surface area contributed by atoms with E-state index >= 15 is 0 Å². The number of rotatable bonds is 8. The minimum absolute atomic E-state index is 0.195. The van der Waals surface area contributed by atoms with Gasteiger partial charge in [-0.3, -0.25) is 19.2 Å². The average Bonchev–Trinajstić information content (AvgIpc) is 2.41. The third-order valence-electron chi connectivity index (χ3n) is 2.36. The summed E-state index contributed by atoms with van der Waals surface area (Å²) in [5.74, 6) is -1.83. The molecule has 0 rings (SSSR count). The number of ether oxygens (including phenoxy) is 1. The summed E-state index contributed by atoms with van der Waals surface area (Å²) in [5.41, 5.74) is 0. The molecule has 0 radical (unpaired) electrons. The number of nitrogens with one attached hydrogen (secondary N) is 3. The Hall–Kier alpha value is -2.12. The number of methoxy groups -OCH3 is 1.